The minimum absolute atomic E-state index is 0.0635. The SMILES string of the molecule is CCc1cc(CC)cc(CSCC(=O)Nc2cccc(C(=O)NC)c2)c1. The van der Waals surface area contributed by atoms with E-state index in [4.69, 9.17) is 0 Å². The van der Waals surface area contributed by atoms with Crippen molar-refractivity contribution in [1.29, 1.82) is 0 Å². The number of anilines is 1. The number of rotatable bonds is 8. The number of thioether (sulfide) groups is 1. The van der Waals surface area contributed by atoms with E-state index in [2.05, 4.69) is 42.7 Å². The molecule has 4 nitrogen and oxygen atoms in total. The molecule has 0 saturated carbocycles. The van der Waals surface area contributed by atoms with Crippen LogP contribution in [0, 0.1) is 0 Å². The minimum Gasteiger partial charge on any atom is -0.355 e. The van der Waals surface area contributed by atoms with Crippen LogP contribution in [0.3, 0.4) is 0 Å². The highest BCUT2D eigenvalue weighted by Crippen LogP contribution is 2.18. The number of nitrogens with one attached hydrogen (secondary N) is 2. The van der Waals surface area contributed by atoms with Crippen molar-refractivity contribution < 1.29 is 9.59 Å². The lowest BCUT2D eigenvalue weighted by molar-refractivity contribution is -0.113. The quantitative estimate of drug-likeness (QED) is 0.737. The number of hydrogen-bond acceptors (Lipinski definition) is 3. The van der Waals surface area contributed by atoms with Crippen molar-refractivity contribution in [3.05, 3.63) is 64.7 Å². The molecular weight excluding hydrogens is 344 g/mol. The van der Waals surface area contributed by atoms with Crippen LogP contribution in [0.25, 0.3) is 0 Å². The first-order chi connectivity index (χ1) is 12.5. The average Bonchev–Trinajstić information content (AvgIpc) is 2.67. The molecule has 2 aromatic carbocycles. The van der Waals surface area contributed by atoms with E-state index in [0.29, 0.717) is 17.0 Å². The second-order valence-corrected chi connectivity index (χ2v) is 7.05. The van der Waals surface area contributed by atoms with Crippen molar-refractivity contribution in [2.75, 3.05) is 18.1 Å². The fourth-order valence-corrected chi connectivity index (χ4v) is 3.43. The Morgan fingerprint density at radius 1 is 0.962 bits per heavy atom. The highest BCUT2D eigenvalue weighted by Gasteiger charge is 2.07. The lowest BCUT2D eigenvalue weighted by atomic mass is 10.0. The van der Waals surface area contributed by atoms with E-state index >= 15 is 0 Å². The highest BCUT2D eigenvalue weighted by molar-refractivity contribution is 7.99. The Labute approximate surface area is 159 Å². The Morgan fingerprint density at radius 2 is 1.62 bits per heavy atom. The maximum absolute atomic E-state index is 12.2. The summed E-state index contributed by atoms with van der Waals surface area (Å²) in [5, 5.41) is 5.43. The normalized spacial score (nSPS) is 10.4. The van der Waals surface area contributed by atoms with Crippen molar-refractivity contribution in [3.63, 3.8) is 0 Å². The molecule has 0 fully saturated rings. The third kappa shape index (κ3) is 5.92. The van der Waals surface area contributed by atoms with Crippen molar-refractivity contribution in [1.82, 2.24) is 5.32 Å². The third-order valence-electron chi connectivity index (χ3n) is 4.07. The Morgan fingerprint density at radius 3 is 2.23 bits per heavy atom. The zero-order chi connectivity index (χ0) is 18.9. The van der Waals surface area contributed by atoms with Crippen molar-refractivity contribution in [2.45, 2.75) is 32.4 Å². The lowest BCUT2D eigenvalue weighted by Gasteiger charge is -2.09. The number of carbonyl (C=O) groups excluding carboxylic acids is 2. The van der Waals surface area contributed by atoms with Crippen LogP contribution in [-0.4, -0.2) is 24.6 Å². The molecule has 2 aromatic rings. The summed E-state index contributed by atoms with van der Waals surface area (Å²) in [6.07, 6.45) is 2.04. The molecule has 2 amide bonds. The Kier molecular flexibility index (Phi) is 7.73. The Hall–Kier alpha value is -2.27. The minimum atomic E-state index is -0.169. The monoisotopic (exact) mass is 370 g/mol. The highest BCUT2D eigenvalue weighted by atomic mass is 32.2. The molecule has 26 heavy (non-hydrogen) atoms. The molecule has 2 rings (SSSR count). The van der Waals surface area contributed by atoms with E-state index in [0.717, 1.165) is 18.6 Å². The van der Waals surface area contributed by atoms with E-state index in [1.165, 1.54) is 16.7 Å². The number of aryl methyl sites for hydroxylation is 2. The molecule has 0 saturated heterocycles. The van der Waals surface area contributed by atoms with Gasteiger partial charge >= 0.3 is 0 Å². The summed E-state index contributed by atoms with van der Waals surface area (Å²) in [4.78, 5) is 23.8. The van der Waals surface area contributed by atoms with Gasteiger partial charge in [0.05, 0.1) is 5.75 Å². The molecule has 0 bridgehead atoms. The van der Waals surface area contributed by atoms with Crippen molar-refractivity contribution in [3.8, 4) is 0 Å². The summed E-state index contributed by atoms with van der Waals surface area (Å²) in [6, 6.07) is 13.6. The predicted octanol–water partition coefficient (Wildman–Crippen LogP) is 4.04. The van der Waals surface area contributed by atoms with Gasteiger partial charge in [-0.3, -0.25) is 9.59 Å². The van der Waals surface area contributed by atoms with Crippen LogP contribution in [0.5, 0.6) is 0 Å². The standard InChI is InChI=1S/C21H26N2O2S/c1-4-15-9-16(5-2)11-17(10-15)13-26-14-20(24)23-19-8-6-7-18(12-19)21(25)22-3/h6-12H,4-5,13-14H2,1-3H3,(H,22,25)(H,23,24). The van der Waals surface area contributed by atoms with Gasteiger partial charge in [0.2, 0.25) is 5.91 Å². The van der Waals surface area contributed by atoms with E-state index in [-0.39, 0.29) is 11.8 Å². The molecule has 0 aliphatic carbocycles. The Balaban J connectivity index is 1.89. The van der Waals surface area contributed by atoms with Gasteiger partial charge in [-0.15, -0.1) is 11.8 Å². The zero-order valence-electron chi connectivity index (χ0n) is 15.6. The van der Waals surface area contributed by atoms with Gasteiger partial charge in [-0.25, -0.2) is 0 Å². The molecule has 0 aliphatic heterocycles. The van der Waals surface area contributed by atoms with Gasteiger partial charge in [0.15, 0.2) is 0 Å². The van der Waals surface area contributed by atoms with Gasteiger partial charge in [-0.1, -0.05) is 38.1 Å². The summed E-state index contributed by atoms with van der Waals surface area (Å²) in [5.74, 6) is 0.957. The van der Waals surface area contributed by atoms with Crippen molar-refractivity contribution in [2.24, 2.45) is 0 Å². The van der Waals surface area contributed by atoms with Gasteiger partial charge in [0.1, 0.15) is 0 Å². The van der Waals surface area contributed by atoms with Gasteiger partial charge in [-0.2, -0.15) is 0 Å². The topological polar surface area (TPSA) is 58.2 Å². The van der Waals surface area contributed by atoms with Gasteiger partial charge in [0.25, 0.3) is 5.91 Å². The molecular formula is C21H26N2O2S. The predicted molar refractivity (Wildman–Crippen MR) is 110 cm³/mol. The summed E-state index contributed by atoms with van der Waals surface area (Å²) < 4.78 is 0. The second-order valence-electron chi connectivity index (χ2n) is 6.07. The third-order valence-corrected chi connectivity index (χ3v) is 5.07. The van der Waals surface area contributed by atoms with Crippen LogP contribution in [-0.2, 0) is 23.4 Å². The summed E-state index contributed by atoms with van der Waals surface area (Å²) in [5.41, 5.74) is 5.12. The molecule has 138 valence electrons. The van der Waals surface area contributed by atoms with Crippen LogP contribution in [0.15, 0.2) is 42.5 Å². The summed E-state index contributed by atoms with van der Waals surface area (Å²) >= 11 is 1.60. The molecule has 0 unspecified atom stereocenters. The number of benzene rings is 2. The van der Waals surface area contributed by atoms with Crippen LogP contribution in [0.2, 0.25) is 0 Å². The largest absolute Gasteiger partial charge is 0.355 e. The maximum atomic E-state index is 12.2. The first kappa shape index (κ1) is 20.0. The first-order valence-electron chi connectivity index (χ1n) is 8.87. The van der Waals surface area contributed by atoms with E-state index in [1.54, 1.807) is 43.1 Å². The molecule has 0 atom stereocenters. The molecule has 0 spiro atoms. The van der Waals surface area contributed by atoms with Crippen molar-refractivity contribution >= 4 is 29.3 Å². The van der Waals surface area contributed by atoms with E-state index in [1.807, 2.05) is 0 Å². The van der Waals surface area contributed by atoms with Crippen LogP contribution < -0.4 is 10.6 Å². The first-order valence-corrected chi connectivity index (χ1v) is 10.0. The molecule has 0 radical (unpaired) electrons. The summed E-state index contributed by atoms with van der Waals surface area (Å²) in [6.45, 7) is 4.32. The van der Waals surface area contributed by atoms with E-state index in [9.17, 15) is 9.59 Å². The fourth-order valence-electron chi connectivity index (χ4n) is 2.67. The molecule has 5 heteroatoms. The van der Waals surface area contributed by atoms with Gasteiger partial charge in [-0.05, 0) is 47.7 Å². The van der Waals surface area contributed by atoms with Crippen LogP contribution in [0.4, 0.5) is 5.69 Å². The molecule has 0 aliphatic rings. The maximum Gasteiger partial charge on any atom is 0.251 e. The second kappa shape index (κ2) is 10.0. The number of carbonyl (C=O) groups is 2. The average molecular weight is 371 g/mol. The Bertz CT molecular complexity index is 752. The van der Waals surface area contributed by atoms with E-state index < -0.39 is 0 Å². The number of amides is 2. The lowest BCUT2D eigenvalue weighted by Crippen LogP contribution is -2.19. The van der Waals surface area contributed by atoms with Gasteiger partial charge in [0, 0.05) is 24.1 Å². The smallest absolute Gasteiger partial charge is 0.251 e. The summed E-state index contributed by atoms with van der Waals surface area (Å²) in [7, 11) is 1.59. The van der Waals surface area contributed by atoms with Crippen LogP contribution >= 0.6 is 11.8 Å². The fraction of sp³-hybridized carbons (Fsp3) is 0.333. The van der Waals surface area contributed by atoms with Gasteiger partial charge < -0.3 is 10.6 Å². The molecule has 0 aromatic heterocycles. The number of hydrogen-bond donors (Lipinski definition) is 2. The zero-order valence-corrected chi connectivity index (χ0v) is 16.4. The molecule has 0 heterocycles. The van der Waals surface area contributed by atoms with Crippen LogP contribution in [0.1, 0.15) is 40.9 Å². The molecule has 2 N–H and O–H groups in total.